The van der Waals surface area contributed by atoms with E-state index in [0.29, 0.717) is 18.5 Å². The highest BCUT2D eigenvalue weighted by atomic mass is 16.5. The van der Waals surface area contributed by atoms with E-state index in [1.165, 1.54) is 5.56 Å². The number of nitrogens with zero attached hydrogens (tertiary/aromatic N) is 2. The van der Waals surface area contributed by atoms with E-state index in [1.807, 2.05) is 36.4 Å². The van der Waals surface area contributed by atoms with Gasteiger partial charge in [-0.1, -0.05) is 18.2 Å². The number of hydrogen-bond donors (Lipinski definition) is 1. The third kappa shape index (κ3) is 4.40. The van der Waals surface area contributed by atoms with Gasteiger partial charge in [0.05, 0.1) is 13.2 Å². The molecule has 2 heterocycles. The summed E-state index contributed by atoms with van der Waals surface area (Å²) in [6, 6.07) is 15.2. The third-order valence-corrected chi connectivity index (χ3v) is 5.22. The molecule has 6 heteroatoms. The van der Waals surface area contributed by atoms with Gasteiger partial charge >= 0.3 is 0 Å². The van der Waals surface area contributed by atoms with Gasteiger partial charge in [0.25, 0.3) is 5.91 Å². The van der Waals surface area contributed by atoms with E-state index in [0.717, 1.165) is 50.6 Å². The average Bonchev–Trinajstić information content (AvgIpc) is 3.16. The number of morpholine rings is 1. The van der Waals surface area contributed by atoms with Crippen LogP contribution in [0.4, 0.5) is 11.4 Å². The Hall–Kier alpha value is -2.70. The second kappa shape index (κ2) is 8.54. The molecule has 0 atom stereocenters. The molecule has 0 saturated carbocycles. The van der Waals surface area contributed by atoms with Crippen LogP contribution in [-0.4, -0.2) is 49.6 Å². The van der Waals surface area contributed by atoms with Crippen molar-refractivity contribution in [2.24, 2.45) is 0 Å². The zero-order chi connectivity index (χ0) is 19.3. The molecular formula is C22H25N3O3. The summed E-state index contributed by atoms with van der Waals surface area (Å²) in [6.07, 6.45) is 1.44. The lowest BCUT2D eigenvalue weighted by atomic mass is 10.1. The third-order valence-electron chi connectivity index (χ3n) is 5.22. The maximum Gasteiger partial charge on any atom is 0.255 e. The van der Waals surface area contributed by atoms with E-state index >= 15 is 0 Å². The molecule has 1 N–H and O–H groups in total. The molecular weight excluding hydrogens is 354 g/mol. The van der Waals surface area contributed by atoms with Gasteiger partial charge in [0.1, 0.15) is 0 Å². The fraction of sp³-hybridized carbons (Fsp3) is 0.364. The van der Waals surface area contributed by atoms with Gasteiger partial charge in [-0.25, -0.2) is 0 Å². The monoisotopic (exact) mass is 379 g/mol. The van der Waals surface area contributed by atoms with Crippen LogP contribution in [0.2, 0.25) is 0 Å². The molecule has 4 rings (SSSR count). The number of benzene rings is 2. The number of ether oxygens (including phenoxy) is 1. The van der Waals surface area contributed by atoms with E-state index in [9.17, 15) is 9.59 Å². The van der Waals surface area contributed by atoms with Crippen LogP contribution in [0.5, 0.6) is 0 Å². The Balaban J connectivity index is 1.38. The predicted octanol–water partition coefficient (Wildman–Crippen LogP) is 2.90. The molecule has 28 heavy (non-hydrogen) atoms. The first kappa shape index (κ1) is 18.7. The van der Waals surface area contributed by atoms with Gasteiger partial charge in [0.15, 0.2) is 0 Å². The lowest BCUT2D eigenvalue weighted by Gasteiger charge is -2.26. The molecule has 6 nitrogen and oxygen atoms in total. The Morgan fingerprint density at radius 3 is 2.54 bits per heavy atom. The zero-order valence-corrected chi connectivity index (χ0v) is 15.9. The minimum atomic E-state index is -0.172. The van der Waals surface area contributed by atoms with Crippen molar-refractivity contribution in [3.05, 3.63) is 59.7 Å². The molecule has 0 radical (unpaired) electrons. The maximum atomic E-state index is 12.6. The number of nitrogens with one attached hydrogen (secondary N) is 1. The number of amides is 2. The lowest BCUT2D eigenvalue weighted by Crippen LogP contribution is -2.35. The van der Waals surface area contributed by atoms with Crippen LogP contribution in [0, 0.1) is 0 Å². The van der Waals surface area contributed by atoms with Crippen molar-refractivity contribution in [3.63, 3.8) is 0 Å². The first-order chi connectivity index (χ1) is 13.7. The molecule has 0 spiro atoms. The van der Waals surface area contributed by atoms with Gasteiger partial charge in [-0.2, -0.15) is 0 Å². The summed E-state index contributed by atoms with van der Waals surface area (Å²) in [5.41, 5.74) is 3.32. The van der Waals surface area contributed by atoms with Crippen molar-refractivity contribution < 1.29 is 14.3 Å². The molecule has 2 fully saturated rings. The Bertz CT molecular complexity index is 844. The van der Waals surface area contributed by atoms with Crippen molar-refractivity contribution in [2.75, 3.05) is 43.1 Å². The van der Waals surface area contributed by atoms with Crippen LogP contribution in [0.15, 0.2) is 48.5 Å². The van der Waals surface area contributed by atoms with Gasteiger partial charge in [-0.05, 0) is 42.3 Å². The largest absolute Gasteiger partial charge is 0.379 e. The van der Waals surface area contributed by atoms with Gasteiger partial charge < -0.3 is 15.0 Å². The molecule has 2 aromatic rings. The van der Waals surface area contributed by atoms with Gasteiger partial charge in [0, 0.05) is 49.5 Å². The molecule has 0 bridgehead atoms. The molecule has 2 saturated heterocycles. The molecule has 2 aromatic carbocycles. The second-order valence-electron chi connectivity index (χ2n) is 7.24. The summed E-state index contributed by atoms with van der Waals surface area (Å²) >= 11 is 0. The Labute approximate surface area is 165 Å². The van der Waals surface area contributed by atoms with Crippen molar-refractivity contribution >= 4 is 23.2 Å². The standard InChI is InChI=1S/C22H25N3O3/c26-21-5-2-10-25(21)20-4-1-3-18(15-20)22(27)23-19-8-6-17(7-9-19)16-24-11-13-28-14-12-24/h1,3-4,6-9,15H,2,5,10-14,16H2,(H,23,27). The van der Waals surface area contributed by atoms with E-state index < -0.39 is 0 Å². The fourth-order valence-electron chi connectivity index (χ4n) is 3.65. The molecule has 0 aromatic heterocycles. The molecule has 0 aliphatic carbocycles. The predicted molar refractivity (Wildman–Crippen MR) is 109 cm³/mol. The lowest BCUT2D eigenvalue weighted by molar-refractivity contribution is -0.117. The number of carbonyl (C=O) groups excluding carboxylic acids is 2. The number of carbonyl (C=O) groups is 2. The smallest absolute Gasteiger partial charge is 0.255 e. The minimum Gasteiger partial charge on any atom is -0.379 e. The summed E-state index contributed by atoms with van der Waals surface area (Å²) < 4.78 is 5.38. The van der Waals surface area contributed by atoms with Gasteiger partial charge in [-0.3, -0.25) is 14.5 Å². The van der Waals surface area contributed by atoms with Crippen LogP contribution in [0.25, 0.3) is 0 Å². The Morgan fingerprint density at radius 1 is 1.04 bits per heavy atom. The van der Waals surface area contributed by atoms with Gasteiger partial charge in [-0.15, -0.1) is 0 Å². The normalized spacial score (nSPS) is 17.7. The molecule has 2 aliphatic heterocycles. The summed E-state index contributed by atoms with van der Waals surface area (Å²) in [4.78, 5) is 28.7. The first-order valence-corrected chi connectivity index (χ1v) is 9.80. The molecule has 2 amide bonds. The van der Waals surface area contributed by atoms with Crippen molar-refractivity contribution in [3.8, 4) is 0 Å². The van der Waals surface area contributed by atoms with Crippen LogP contribution < -0.4 is 10.2 Å². The van der Waals surface area contributed by atoms with Crippen molar-refractivity contribution in [2.45, 2.75) is 19.4 Å². The van der Waals surface area contributed by atoms with Crippen LogP contribution in [0.3, 0.4) is 0 Å². The summed E-state index contributed by atoms with van der Waals surface area (Å²) in [5, 5.41) is 2.94. The van der Waals surface area contributed by atoms with Crippen LogP contribution in [-0.2, 0) is 16.1 Å². The second-order valence-corrected chi connectivity index (χ2v) is 7.24. The number of rotatable bonds is 5. The summed E-state index contributed by atoms with van der Waals surface area (Å²) in [6.45, 7) is 5.09. The van der Waals surface area contributed by atoms with E-state index in [4.69, 9.17) is 4.74 Å². The van der Waals surface area contributed by atoms with Crippen LogP contribution in [0.1, 0.15) is 28.8 Å². The van der Waals surface area contributed by atoms with E-state index in [1.54, 1.807) is 17.0 Å². The average molecular weight is 379 g/mol. The highest BCUT2D eigenvalue weighted by Crippen LogP contribution is 2.23. The minimum absolute atomic E-state index is 0.119. The van der Waals surface area contributed by atoms with Crippen molar-refractivity contribution in [1.29, 1.82) is 0 Å². The Morgan fingerprint density at radius 2 is 1.82 bits per heavy atom. The highest BCUT2D eigenvalue weighted by molar-refractivity contribution is 6.05. The number of hydrogen-bond acceptors (Lipinski definition) is 4. The van der Waals surface area contributed by atoms with Gasteiger partial charge in [0.2, 0.25) is 5.91 Å². The molecule has 0 unspecified atom stereocenters. The number of anilines is 2. The fourth-order valence-corrected chi connectivity index (χ4v) is 3.65. The highest BCUT2D eigenvalue weighted by Gasteiger charge is 2.22. The molecule has 2 aliphatic rings. The summed E-state index contributed by atoms with van der Waals surface area (Å²) in [7, 11) is 0. The van der Waals surface area contributed by atoms with Crippen LogP contribution >= 0.6 is 0 Å². The first-order valence-electron chi connectivity index (χ1n) is 9.80. The van der Waals surface area contributed by atoms with E-state index in [2.05, 4.69) is 10.2 Å². The van der Waals surface area contributed by atoms with Crippen molar-refractivity contribution in [1.82, 2.24) is 4.90 Å². The maximum absolute atomic E-state index is 12.6. The molecule has 146 valence electrons. The SMILES string of the molecule is O=C(Nc1ccc(CN2CCOCC2)cc1)c1cccc(N2CCCC2=O)c1. The quantitative estimate of drug-likeness (QED) is 0.868. The summed E-state index contributed by atoms with van der Waals surface area (Å²) in [5.74, 6) is -0.0529. The topological polar surface area (TPSA) is 61.9 Å². The Kier molecular flexibility index (Phi) is 5.69. The van der Waals surface area contributed by atoms with E-state index in [-0.39, 0.29) is 11.8 Å². The zero-order valence-electron chi connectivity index (χ0n) is 15.9.